The third-order valence-corrected chi connectivity index (χ3v) is 5.27. The molecule has 0 atom stereocenters. The number of carbonyl (C=O) groups is 2. The number of pyridine rings is 1. The van der Waals surface area contributed by atoms with E-state index in [4.69, 9.17) is 4.74 Å². The molecule has 32 heavy (non-hydrogen) atoms. The van der Waals surface area contributed by atoms with E-state index in [2.05, 4.69) is 20.9 Å². The van der Waals surface area contributed by atoms with Crippen molar-refractivity contribution in [3.63, 3.8) is 0 Å². The minimum Gasteiger partial charge on any atom is -0.454 e. The molecular weight excluding hydrogens is 476 g/mol. The average Bonchev–Trinajstić information content (AvgIpc) is 2.82. The first-order chi connectivity index (χ1) is 15.4. The summed E-state index contributed by atoms with van der Waals surface area (Å²) in [4.78, 5) is 40.4. The number of nitro benzene ring substituents is 1. The molecule has 0 aliphatic carbocycles. The van der Waals surface area contributed by atoms with E-state index < -0.39 is 23.3 Å². The minimum absolute atomic E-state index is 0.0966. The van der Waals surface area contributed by atoms with Crippen molar-refractivity contribution in [3.8, 4) is 11.3 Å². The highest BCUT2D eigenvalue weighted by atomic mass is 79.9. The Morgan fingerprint density at radius 1 is 0.969 bits per heavy atom. The van der Waals surface area contributed by atoms with Crippen LogP contribution in [0.3, 0.4) is 0 Å². The van der Waals surface area contributed by atoms with Gasteiger partial charge in [0.1, 0.15) is 0 Å². The van der Waals surface area contributed by atoms with Gasteiger partial charge < -0.3 is 4.74 Å². The zero-order valence-corrected chi connectivity index (χ0v) is 18.1. The first kappa shape index (κ1) is 21.3. The summed E-state index contributed by atoms with van der Waals surface area (Å²) in [5.74, 6) is -1.23. The highest BCUT2D eigenvalue weighted by Crippen LogP contribution is 2.28. The zero-order valence-electron chi connectivity index (χ0n) is 16.5. The molecule has 0 bridgehead atoms. The number of hydrogen-bond acceptors (Lipinski definition) is 6. The van der Waals surface area contributed by atoms with Gasteiger partial charge in [0.15, 0.2) is 6.61 Å². The van der Waals surface area contributed by atoms with Crippen molar-refractivity contribution in [2.75, 3.05) is 6.61 Å². The van der Waals surface area contributed by atoms with Crippen LogP contribution in [0.2, 0.25) is 0 Å². The molecule has 0 aliphatic rings. The van der Waals surface area contributed by atoms with Crippen LogP contribution in [0.5, 0.6) is 0 Å². The second-order valence-corrected chi connectivity index (χ2v) is 7.80. The number of esters is 1. The molecule has 0 amide bonds. The fourth-order valence-corrected chi connectivity index (χ4v) is 3.57. The minimum atomic E-state index is -0.688. The molecule has 1 aromatic heterocycles. The second-order valence-electron chi connectivity index (χ2n) is 6.89. The Kier molecular flexibility index (Phi) is 6.04. The number of halogens is 1. The number of Topliss-reactive ketones (excluding diaryl/α,β-unsaturated/α-hetero) is 1. The molecular formula is C24H15BrN2O5. The smallest absolute Gasteiger partial charge is 0.339 e. The lowest BCUT2D eigenvalue weighted by Crippen LogP contribution is -2.15. The third kappa shape index (κ3) is 4.55. The van der Waals surface area contributed by atoms with Crippen LogP contribution in [0.4, 0.5) is 5.69 Å². The van der Waals surface area contributed by atoms with Gasteiger partial charge in [-0.15, -0.1) is 0 Å². The van der Waals surface area contributed by atoms with Gasteiger partial charge in [-0.1, -0.05) is 58.4 Å². The highest BCUT2D eigenvalue weighted by molar-refractivity contribution is 9.10. The molecule has 0 fully saturated rings. The first-order valence-electron chi connectivity index (χ1n) is 9.53. The van der Waals surface area contributed by atoms with E-state index in [0.29, 0.717) is 16.6 Å². The van der Waals surface area contributed by atoms with Crippen LogP contribution in [0, 0.1) is 10.1 Å². The molecule has 158 valence electrons. The van der Waals surface area contributed by atoms with Crippen LogP contribution in [0.15, 0.2) is 83.3 Å². The van der Waals surface area contributed by atoms with Gasteiger partial charge in [0.2, 0.25) is 5.78 Å². The van der Waals surface area contributed by atoms with Crippen molar-refractivity contribution in [1.82, 2.24) is 4.98 Å². The van der Waals surface area contributed by atoms with E-state index >= 15 is 0 Å². The summed E-state index contributed by atoms with van der Waals surface area (Å²) in [6, 6.07) is 21.7. The number of aromatic nitrogens is 1. The van der Waals surface area contributed by atoms with Crippen LogP contribution >= 0.6 is 15.9 Å². The molecule has 0 radical (unpaired) electrons. The van der Waals surface area contributed by atoms with Gasteiger partial charge in [-0.05, 0) is 24.3 Å². The van der Waals surface area contributed by atoms with Gasteiger partial charge in [0.05, 0.1) is 21.7 Å². The molecule has 0 saturated carbocycles. The van der Waals surface area contributed by atoms with Crippen LogP contribution < -0.4 is 0 Å². The largest absolute Gasteiger partial charge is 0.454 e. The number of nitrogens with zero attached hydrogens (tertiary/aromatic N) is 2. The molecule has 0 aliphatic heterocycles. The summed E-state index contributed by atoms with van der Waals surface area (Å²) in [5, 5.41) is 11.5. The Balaban J connectivity index is 1.64. The molecule has 0 spiro atoms. The first-order valence-corrected chi connectivity index (χ1v) is 10.3. The van der Waals surface area contributed by atoms with Gasteiger partial charge in [-0.2, -0.15) is 0 Å². The van der Waals surface area contributed by atoms with E-state index in [1.165, 1.54) is 18.2 Å². The predicted molar refractivity (Wildman–Crippen MR) is 123 cm³/mol. The zero-order chi connectivity index (χ0) is 22.7. The molecule has 1 heterocycles. The number of benzene rings is 3. The number of non-ortho nitro benzene ring substituents is 1. The van der Waals surface area contributed by atoms with E-state index in [0.717, 1.165) is 16.1 Å². The quantitative estimate of drug-likeness (QED) is 0.150. The highest BCUT2D eigenvalue weighted by Gasteiger charge is 2.18. The summed E-state index contributed by atoms with van der Waals surface area (Å²) in [7, 11) is 0. The number of rotatable bonds is 6. The lowest BCUT2D eigenvalue weighted by Gasteiger charge is -2.10. The van der Waals surface area contributed by atoms with E-state index in [9.17, 15) is 19.7 Å². The summed E-state index contributed by atoms with van der Waals surface area (Å²) < 4.78 is 6.05. The van der Waals surface area contributed by atoms with Gasteiger partial charge in [-0.3, -0.25) is 14.9 Å². The van der Waals surface area contributed by atoms with Crippen molar-refractivity contribution in [3.05, 3.63) is 105 Å². The molecule has 0 N–H and O–H groups in total. The van der Waals surface area contributed by atoms with E-state index in [1.54, 1.807) is 18.2 Å². The summed E-state index contributed by atoms with van der Waals surface area (Å²) >= 11 is 3.40. The predicted octanol–water partition coefficient (Wildman–Crippen LogP) is 5.61. The Hall–Kier alpha value is -3.91. The Labute approximate surface area is 190 Å². The number of nitro groups is 1. The van der Waals surface area contributed by atoms with Gasteiger partial charge in [-0.25, -0.2) is 9.78 Å². The standard InChI is InChI=1S/C24H15BrN2O5/c25-17-9-10-21-19(12-17)20(13-22(26-21)15-5-2-1-3-6-15)24(29)32-14-23(28)16-7-4-8-18(11-16)27(30)31/h1-13H,14H2. The average molecular weight is 491 g/mol. The van der Waals surface area contributed by atoms with Crippen molar-refractivity contribution in [2.45, 2.75) is 0 Å². The number of hydrogen-bond donors (Lipinski definition) is 0. The van der Waals surface area contributed by atoms with Crippen LogP contribution in [-0.4, -0.2) is 28.3 Å². The SMILES string of the molecule is O=C(COC(=O)c1cc(-c2ccccc2)nc2ccc(Br)cc12)c1cccc([N+](=O)[O-])c1. The van der Waals surface area contributed by atoms with Gasteiger partial charge >= 0.3 is 5.97 Å². The number of fused-ring (bicyclic) bond motifs is 1. The maximum Gasteiger partial charge on any atom is 0.339 e. The van der Waals surface area contributed by atoms with Gasteiger partial charge in [0.25, 0.3) is 5.69 Å². The molecule has 0 saturated heterocycles. The molecule has 4 aromatic rings. The topological polar surface area (TPSA) is 99.4 Å². The maximum absolute atomic E-state index is 12.9. The number of ketones is 1. The lowest BCUT2D eigenvalue weighted by atomic mass is 10.0. The summed E-state index contributed by atoms with van der Waals surface area (Å²) in [5.41, 5.74) is 2.18. The van der Waals surface area contributed by atoms with Crippen molar-refractivity contribution < 1.29 is 19.2 Å². The van der Waals surface area contributed by atoms with Crippen LogP contribution in [0.25, 0.3) is 22.2 Å². The Morgan fingerprint density at radius 2 is 1.75 bits per heavy atom. The van der Waals surface area contributed by atoms with Gasteiger partial charge in [0, 0.05) is 33.1 Å². The molecule has 3 aromatic carbocycles. The van der Waals surface area contributed by atoms with Crippen molar-refractivity contribution in [1.29, 1.82) is 0 Å². The number of ether oxygens (including phenoxy) is 1. The maximum atomic E-state index is 12.9. The van der Waals surface area contributed by atoms with Crippen molar-refractivity contribution in [2.24, 2.45) is 0 Å². The third-order valence-electron chi connectivity index (χ3n) is 4.77. The lowest BCUT2D eigenvalue weighted by molar-refractivity contribution is -0.384. The Morgan fingerprint density at radius 3 is 2.50 bits per heavy atom. The van der Waals surface area contributed by atoms with E-state index in [-0.39, 0.29) is 16.8 Å². The van der Waals surface area contributed by atoms with Crippen molar-refractivity contribution >= 4 is 44.3 Å². The van der Waals surface area contributed by atoms with Crippen LogP contribution in [-0.2, 0) is 4.74 Å². The molecule has 4 rings (SSSR count). The molecule has 0 unspecified atom stereocenters. The normalized spacial score (nSPS) is 10.7. The summed E-state index contributed by atoms with van der Waals surface area (Å²) in [6.07, 6.45) is 0. The fourth-order valence-electron chi connectivity index (χ4n) is 3.21. The molecule has 7 nitrogen and oxygen atoms in total. The fraction of sp³-hybridized carbons (Fsp3) is 0.0417. The monoisotopic (exact) mass is 490 g/mol. The molecule has 8 heteroatoms. The summed E-state index contributed by atoms with van der Waals surface area (Å²) in [6.45, 7) is -0.543. The van der Waals surface area contributed by atoms with E-state index in [1.807, 2.05) is 36.4 Å². The Bertz CT molecular complexity index is 1360. The number of carbonyl (C=O) groups excluding carboxylic acids is 2. The second kappa shape index (κ2) is 9.07. The van der Waals surface area contributed by atoms with Crippen LogP contribution in [0.1, 0.15) is 20.7 Å².